The summed E-state index contributed by atoms with van der Waals surface area (Å²) in [6.45, 7) is 5.10. The van der Waals surface area contributed by atoms with Crippen molar-refractivity contribution in [1.82, 2.24) is 4.72 Å². The van der Waals surface area contributed by atoms with Gasteiger partial charge in [-0.3, -0.25) is 4.79 Å². The number of carbonyl (C=O) groups is 2. The molecular formula is C21H26N2O7S. The summed E-state index contributed by atoms with van der Waals surface area (Å²) in [4.78, 5) is 24.8. The lowest BCUT2D eigenvalue weighted by atomic mass is 10.1. The minimum absolute atomic E-state index is 0.0571. The van der Waals surface area contributed by atoms with Crippen molar-refractivity contribution in [2.24, 2.45) is 0 Å². The maximum Gasteiger partial charge on any atom is 0.340 e. The van der Waals surface area contributed by atoms with Gasteiger partial charge in [0, 0.05) is 11.1 Å². The van der Waals surface area contributed by atoms with E-state index in [0.29, 0.717) is 5.75 Å². The van der Waals surface area contributed by atoms with E-state index < -0.39 is 27.4 Å². The lowest BCUT2D eigenvalue weighted by molar-refractivity contribution is 0.0601. The fourth-order valence-electron chi connectivity index (χ4n) is 2.72. The van der Waals surface area contributed by atoms with E-state index in [1.165, 1.54) is 51.7 Å². The molecule has 2 aromatic carbocycles. The Morgan fingerprint density at radius 3 is 2.16 bits per heavy atom. The highest BCUT2D eigenvalue weighted by Gasteiger charge is 2.27. The number of amides is 1. The molecule has 0 aliphatic carbocycles. The maximum atomic E-state index is 12.8. The van der Waals surface area contributed by atoms with Crippen molar-refractivity contribution < 1.29 is 32.2 Å². The molecule has 1 amide bonds. The number of methoxy groups -OCH3 is 3. The summed E-state index contributed by atoms with van der Waals surface area (Å²) in [5.74, 6) is -0.788. The first kappa shape index (κ1) is 24.2. The fourth-order valence-corrected chi connectivity index (χ4v) is 4.33. The average Bonchev–Trinajstić information content (AvgIpc) is 2.71. The second-order valence-electron chi connectivity index (χ2n) is 7.58. The first-order valence-electron chi connectivity index (χ1n) is 9.21. The molecule has 10 heteroatoms. The highest BCUT2D eigenvalue weighted by molar-refractivity contribution is 7.89. The van der Waals surface area contributed by atoms with Crippen molar-refractivity contribution in [3.63, 3.8) is 0 Å². The molecule has 0 saturated carbocycles. The van der Waals surface area contributed by atoms with Gasteiger partial charge in [0.05, 0.1) is 32.6 Å². The van der Waals surface area contributed by atoms with Crippen LogP contribution in [0.3, 0.4) is 0 Å². The molecular weight excluding hydrogens is 424 g/mol. The van der Waals surface area contributed by atoms with E-state index in [2.05, 4.69) is 10.0 Å². The highest BCUT2D eigenvalue weighted by atomic mass is 32.2. The molecule has 2 rings (SSSR count). The van der Waals surface area contributed by atoms with Crippen LogP contribution in [0.5, 0.6) is 11.5 Å². The van der Waals surface area contributed by atoms with Crippen molar-refractivity contribution in [1.29, 1.82) is 0 Å². The normalized spacial score (nSPS) is 11.5. The van der Waals surface area contributed by atoms with Gasteiger partial charge in [0.2, 0.25) is 10.0 Å². The van der Waals surface area contributed by atoms with Crippen LogP contribution in [0.4, 0.5) is 5.69 Å². The zero-order valence-corrected chi connectivity index (χ0v) is 19.0. The van der Waals surface area contributed by atoms with Crippen LogP contribution in [-0.4, -0.2) is 47.2 Å². The Kier molecular flexibility index (Phi) is 7.29. The molecule has 0 aromatic heterocycles. The number of esters is 1. The summed E-state index contributed by atoms with van der Waals surface area (Å²) < 4.78 is 43.2. The molecule has 0 bridgehead atoms. The molecule has 0 saturated heterocycles. The fraction of sp³-hybridized carbons (Fsp3) is 0.333. The molecule has 9 nitrogen and oxygen atoms in total. The minimum Gasteiger partial charge on any atom is -0.497 e. The summed E-state index contributed by atoms with van der Waals surface area (Å²) in [6.07, 6.45) is 0. The highest BCUT2D eigenvalue weighted by Crippen LogP contribution is 2.28. The Balaban J connectivity index is 2.45. The number of sulfonamides is 1. The van der Waals surface area contributed by atoms with Gasteiger partial charge >= 0.3 is 5.97 Å². The molecule has 0 aliphatic rings. The number of rotatable bonds is 7. The van der Waals surface area contributed by atoms with Gasteiger partial charge in [-0.15, -0.1) is 0 Å². The smallest absolute Gasteiger partial charge is 0.340 e. The Morgan fingerprint density at radius 1 is 0.935 bits per heavy atom. The Labute approximate surface area is 181 Å². The number of nitrogens with one attached hydrogen (secondary N) is 2. The van der Waals surface area contributed by atoms with Crippen LogP contribution in [0.15, 0.2) is 41.3 Å². The molecule has 2 N–H and O–H groups in total. The molecule has 0 atom stereocenters. The third-order valence-electron chi connectivity index (χ3n) is 4.04. The van der Waals surface area contributed by atoms with Gasteiger partial charge < -0.3 is 19.5 Å². The number of benzene rings is 2. The molecule has 0 fully saturated rings. The summed E-state index contributed by atoms with van der Waals surface area (Å²) >= 11 is 0. The molecule has 0 heterocycles. The van der Waals surface area contributed by atoms with E-state index in [9.17, 15) is 18.0 Å². The topological polar surface area (TPSA) is 120 Å². The molecule has 2 aromatic rings. The second-order valence-corrected chi connectivity index (χ2v) is 9.23. The minimum atomic E-state index is -3.97. The predicted molar refractivity (Wildman–Crippen MR) is 115 cm³/mol. The standard InChI is InChI=1S/C21H26N2O7S/c1-21(2,3)23-31(26,27)18-11-13(7-10-17(18)29-5)19(24)22-16-9-8-14(28-4)12-15(16)20(25)30-6/h7-12,23H,1-6H3,(H,22,24). The van der Waals surface area contributed by atoms with Crippen LogP contribution in [0.1, 0.15) is 41.5 Å². The third kappa shape index (κ3) is 5.96. The zero-order valence-electron chi connectivity index (χ0n) is 18.2. The molecule has 31 heavy (non-hydrogen) atoms. The van der Waals surface area contributed by atoms with E-state index >= 15 is 0 Å². The van der Waals surface area contributed by atoms with Gasteiger partial charge in [0.15, 0.2) is 0 Å². The monoisotopic (exact) mass is 450 g/mol. The first-order chi connectivity index (χ1) is 14.4. The molecule has 0 radical (unpaired) electrons. The van der Waals surface area contributed by atoms with Gasteiger partial charge in [0.1, 0.15) is 16.4 Å². The quantitative estimate of drug-likeness (QED) is 0.622. The number of carbonyl (C=O) groups excluding carboxylic acids is 2. The summed E-state index contributed by atoms with van der Waals surface area (Å²) in [5.41, 5.74) is -0.404. The molecule has 0 aliphatic heterocycles. The first-order valence-corrected chi connectivity index (χ1v) is 10.7. The van der Waals surface area contributed by atoms with E-state index in [-0.39, 0.29) is 27.5 Å². The van der Waals surface area contributed by atoms with Crippen LogP contribution in [0.2, 0.25) is 0 Å². The van der Waals surface area contributed by atoms with Gasteiger partial charge in [0.25, 0.3) is 5.91 Å². The van der Waals surface area contributed by atoms with Crippen molar-refractivity contribution in [3.05, 3.63) is 47.5 Å². The zero-order chi connectivity index (χ0) is 23.4. The van der Waals surface area contributed by atoms with E-state index in [1.54, 1.807) is 26.8 Å². The average molecular weight is 451 g/mol. The maximum absolute atomic E-state index is 12.8. The van der Waals surface area contributed by atoms with E-state index in [4.69, 9.17) is 14.2 Å². The van der Waals surface area contributed by atoms with Crippen LogP contribution in [0, 0.1) is 0 Å². The summed E-state index contributed by atoms with van der Waals surface area (Å²) in [6, 6.07) is 8.51. The summed E-state index contributed by atoms with van der Waals surface area (Å²) in [5, 5.41) is 2.61. The summed E-state index contributed by atoms with van der Waals surface area (Å²) in [7, 11) is 0.0312. The number of ether oxygens (including phenoxy) is 3. The molecule has 0 unspecified atom stereocenters. The van der Waals surface area contributed by atoms with Crippen LogP contribution in [0.25, 0.3) is 0 Å². The molecule has 168 valence electrons. The number of hydrogen-bond acceptors (Lipinski definition) is 7. The van der Waals surface area contributed by atoms with Crippen molar-refractivity contribution in [2.45, 2.75) is 31.2 Å². The largest absolute Gasteiger partial charge is 0.497 e. The lowest BCUT2D eigenvalue weighted by Gasteiger charge is -2.21. The third-order valence-corrected chi connectivity index (χ3v) is 5.82. The van der Waals surface area contributed by atoms with Crippen molar-refractivity contribution >= 4 is 27.6 Å². The Bertz CT molecular complexity index is 1090. The van der Waals surface area contributed by atoms with Crippen LogP contribution < -0.4 is 19.5 Å². The van der Waals surface area contributed by atoms with Crippen molar-refractivity contribution in [2.75, 3.05) is 26.6 Å². The molecule has 0 spiro atoms. The van der Waals surface area contributed by atoms with Crippen molar-refractivity contribution in [3.8, 4) is 11.5 Å². The van der Waals surface area contributed by atoms with Gasteiger partial charge in [-0.25, -0.2) is 17.9 Å². The Morgan fingerprint density at radius 2 is 1.61 bits per heavy atom. The van der Waals surface area contributed by atoms with Gasteiger partial charge in [-0.2, -0.15) is 0 Å². The Hall–Kier alpha value is -3.11. The SMILES string of the molecule is COC(=O)c1cc(OC)ccc1NC(=O)c1ccc(OC)c(S(=O)(=O)NC(C)(C)C)c1. The lowest BCUT2D eigenvalue weighted by Crippen LogP contribution is -2.40. The van der Waals surface area contributed by atoms with Gasteiger partial charge in [-0.1, -0.05) is 0 Å². The van der Waals surface area contributed by atoms with Crippen LogP contribution in [-0.2, 0) is 14.8 Å². The van der Waals surface area contributed by atoms with E-state index in [0.717, 1.165) is 0 Å². The number of hydrogen-bond donors (Lipinski definition) is 2. The van der Waals surface area contributed by atoms with Crippen LogP contribution >= 0.6 is 0 Å². The van der Waals surface area contributed by atoms with E-state index in [1.807, 2.05) is 0 Å². The number of anilines is 1. The van der Waals surface area contributed by atoms with Gasteiger partial charge in [-0.05, 0) is 57.2 Å². The predicted octanol–water partition coefficient (Wildman–Crippen LogP) is 2.82. The second kappa shape index (κ2) is 9.36.